The van der Waals surface area contributed by atoms with Crippen LogP contribution in [0.15, 0.2) is 18.3 Å². The lowest BCUT2D eigenvalue weighted by Gasteiger charge is -2.18. The molecule has 1 atom stereocenters. The van der Waals surface area contributed by atoms with Gasteiger partial charge in [-0.1, -0.05) is 11.6 Å². The Bertz CT molecular complexity index is 434. The summed E-state index contributed by atoms with van der Waals surface area (Å²) in [6.45, 7) is 3.96. The fraction of sp³-hybridized carbons (Fsp3) is 0.500. The molecule has 2 rings (SSSR count). The molecule has 0 saturated carbocycles. The number of hydrogen-bond acceptors (Lipinski definition) is 3. The van der Waals surface area contributed by atoms with Gasteiger partial charge in [-0.05, 0) is 38.8 Å². The summed E-state index contributed by atoms with van der Waals surface area (Å²) in [5.41, 5.74) is -0.226. The third kappa shape index (κ3) is 2.96. The quantitative estimate of drug-likeness (QED) is 0.883. The highest BCUT2D eigenvalue weighted by molar-refractivity contribution is 6.33. The van der Waals surface area contributed by atoms with E-state index in [1.54, 1.807) is 18.3 Å². The van der Waals surface area contributed by atoms with E-state index in [4.69, 9.17) is 16.3 Å². The van der Waals surface area contributed by atoms with Crippen molar-refractivity contribution in [1.82, 2.24) is 4.98 Å². The molecule has 4 nitrogen and oxygen atoms in total. The lowest BCUT2D eigenvalue weighted by molar-refractivity contribution is -0.129. The number of hydrogen-bond donors (Lipinski definition) is 1. The van der Waals surface area contributed by atoms with E-state index in [0.717, 1.165) is 12.8 Å². The topological polar surface area (TPSA) is 51.2 Å². The van der Waals surface area contributed by atoms with Crippen molar-refractivity contribution in [2.75, 3.05) is 5.32 Å². The third-order valence-electron chi connectivity index (χ3n) is 2.76. The van der Waals surface area contributed by atoms with Gasteiger partial charge in [-0.2, -0.15) is 0 Å². The molecule has 1 unspecified atom stereocenters. The molecular weight excluding hydrogens is 240 g/mol. The first kappa shape index (κ1) is 12.3. The smallest absolute Gasteiger partial charge is 0.254 e. The average Bonchev–Trinajstić information content (AvgIpc) is 2.62. The van der Waals surface area contributed by atoms with Crippen molar-refractivity contribution in [3.8, 4) is 0 Å². The van der Waals surface area contributed by atoms with Crippen LogP contribution in [-0.2, 0) is 9.53 Å². The zero-order valence-corrected chi connectivity index (χ0v) is 10.6. The first-order valence-electron chi connectivity index (χ1n) is 5.57. The zero-order valence-electron chi connectivity index (χ0n) is 9.87. The third-order valence-corrected chi connectivity index (χ3v) is 3.07. The summed E-state index contributed by atoms with van der Waals surface area (Å²) < 4.78 is 5.64. The summed E-state index contributed by atoms with van der Waals surface area (Å²) >= 11 is 5.91. The molecule has 2 heterocycles. The molecule has 1 saturated heterocycles. The molecule has 0 bridgehead atoms. The number of amides is 1. The van der Waals surface area contributed by atoms with Gasteiger partial charge in [-0.25, -0.2) is 4.98 Å². The Hall–Kier alpha value is -1.13. The Morgan fingerprint density at radius 2 is 2.41 bits per heavy atom. The Morgan fingerprint density at radius 1 is 1.65 bits per heavy atom. The first-order valence-corrected chi connectivity index (χ1v) is 5.95. The van der Waals surface area contributed by atoms with E-state index >= 15 is 0 Å². The normalized spacial score (nSPS) is 22.4. The summed E-state index contributed by atoms with van der Waals surface area (Å²) in [6.07, 6.45) is 2.77. The SMILES string of the molecule is CC1(C)CCC(C(=O)Nc2ncccc2Cl)O1. The zero-order chi connectivity index (χ0) is 12.5. The molecule has 1 N–H and O–H groups in total. The van der Waals surface area contributed by atoms with Gasteiger partial charge in [0.2, 0.25) is 0 Å². The van der Waals surface area contributed by atoms with Gasteiger partial charge in [0, 0.05) is 6.20 Å². The number of aromatic nitrogens is 1. The van der Waals surface area contributed by atoms with Crippen LogP contribution in [0.3, 0.4) is 0 Å². The molecule has 17 heavy (non-hydrogen) atoms. The number of rotatable bonds is 2. The van der Waals surface area contributed by atoms with Gasteiger partial charge in [-0.3, -0.25) is 4.79 Å². The molecule has 1 aromatic rings. The van der Waals surface area contributed by atoms with Crippen LogP contribution in [0.5, 0.6) is 0 Å². The average molecular weight is 255 g/mol. The van der Waals surface area contributed by atoms with E-state index < -0.39 is 6.10 Å². The molecule has 1 aliphatic heterocycles. The van der Waals surface area contributed by atoms with Crippen molar-refractivity contribution in [1.29, 1.82) is 0 Å². The molecule has 1 fully saturated rings. The van der Waals surface area contributed by atoms with E-state index in [1.165, 1.54) is 0 Å². The number of halogens is 1. The fourth-order valence-electron chi connectivity index (χ4n) is 1.84. The van der Waals surface area contributed by atoms with Crippen LogP contribution in [0.2, 0.25) is 5.02 Å². The van der Waals surface area contributed by atoms with Gasteiger partial charge in [-0.15, -0.1) is 0 Å². The predicted molar refractivity (Wildman–Crippen MR) is 66.1 cm³/mol. The molecule has 1 amide bonds. The first-order chi connectivity index (χ1) is 7.98. The van der Waals surface area contributed by atoms with E-state index in [-0.39, 0.29) is 11.5 Å². The van der Waals surface area contributed by atoms with E-state index in [2.05, 4.69) is 10.3 Å². The number of nitrogens with one attached hydrogen (secondary N) is 1. The van der Waals surface area contributed by atoms with E-state index in [1.807, 2.05) is 13.8 Å². The van der Waals surface area contributed by atoms with Crippen molar-refractivity contribution >= 4 is 23.3 Å². The Morgan fingerprint density at radius 3 is 3.00 bits per heavy atom. The van der Waals surface area contributed by atoms with Crippen molar-refractivity contribution < 1.29 is 9.53 Å². The second-order valence-electron chi connectivity index (χ2n) is 4.73. The summed E-state index contributed by atoms with van der Waals surface area (Å²) in [4.78, 5) is 15.9. The summed E-state index contributed by atoms with van der Waals surface area (Å²) in [6, 6.07) is 3.40. The number of ether oxygens (including phenoxy) is 1. The van der Waals surface area contributed by atoms with Crippen LogP contribution < -0.4 is 5.32 Å². The highest BCUT2D eigenvalue weighted by Crippen LogP contribution is 2.30. The van der Waals surface area contributed by atoms with Crippen molar-refractivity contribution in [2.45, 2.75) is 38.4 Å². The Balaban J connectivity index is 2.01. The van der Waals surface area contributed by atoms with Gasteiger partial charge < -0.3 is 10.1 Å². The Kier molecular flexibility index (Phi) is 3.35. The molecule has 0 radical (unpaired) electrons. The van der Waals surface area contributed by atoms with Gasteiger partial charge in [0.15, 0.2) is 5.82 Å². The summed E-state index contributed by atoms with van der Waals surface area (Å²) in [7, 11) is 0. The molecule has 92 valence electrons. The Labute approximate surface area is 105 Å². The lowest BCUT2D eigenvalue weighted by Crippen LogP contribution is -2.30. The molecule has 1 aliphatic rings. The van der Waals surface area contributed by atoms with Crippen molar-refractivity contribution in [3.63, 3.8) is 0 Å². The molecule has 5 heteroatoms. The molecular formula is C12H15ClN2O2. The summed E-state index contributed by atoms with van der Waals surface area (Å²) in [5.74, 6) is 0.198. The molecule has 1 aromatic heterocycles. The number of pyridine rings is 1. The monoisotopic (exact) mass is 254 g/mol. The lowest BCUT2D eigenvalue weighted by atomic mass is 10.1. The fourth-order valence-corrected chi connectivity index (χ4v) is 2.01. The maximum atomic E-state index is 11.9. The molecule has 0 aliphatic carbocycles. The minimum atomic E-state index is -0.414. The number of nitrogens with zero attached hydrogens (tertiary/aromatic N) is 1. The number of carbonyl (C=O) groups excluding carboxylic acids is 1. The van der Waals surface area contributed by atoms with Gasteiger partial charge in [0.1, 0.15) is 6.10 Å². The van der Waals surface area contributed by atoms with Crippen LogP contribution in [0.25, 0.3) is 0 Å². The van der Waals surface area contributed by atoms with Gasteiger partial charge in [0.25, 0.3) is 5.91 Å². The number of carbonyl (C=O) groups is 1. The van der Waals surface area contributed by atoms with Crippen LogP contribution in [0, 0.1) is 0 Å². The van der Waals surface area contributed by atoms with E-state index in [9.17, 15) is 4.79 Å². The highest BCUT2D eigenvalue weighted by atomic mass is 35.5. The maximum Gasteiger partial charge on any atom is 0.254 e. The van der Waals surface area contributed by atoms with Crippen molar-refractivity contribution in [3.05, 3.63) is 23.4 Å². The van der Waals surface area contributed by atoms with Crippen LogP contribution in [0.4, 0.5) is 5.82 Å². The van der Waals surface area contributed by atoms with E-state index in [0.29, 0.717) is 10.8 Å². The largest absolute Gasteiger partial charge is 0.363 e. The standard InChI is InChI=1S/C12H15ClN2O2/c1-12(2)6-5-9(17-12)11(16)15-10-8(13)4-3-7-14-10/h3-4,7,9H,5-6H2,1-2H3,(H,14,15,16). The minimum absolute atomic E-state index is 0.184. The highest BCUT2D eigenvalue weighted by Gasteiger charge is 2.36. The van der Waals surface area contributed by atoms with Crippen LogP contribution in [0.1, 0.15) is 26.7 Å². The van der Waals surface area contributed by atoms with Crippen LogP contribution >= 0.6 is 11.6 Å². The van der Waals surface area contributed by atoms with Gasteiger partial charge in [0.05, 0.1) is 10.6 Å². The second kappa shape index (κ2) is 4.63. The predicted octanol–water partition coefficient (Wildman–Crippen LogP) is 2.63. The second-order valence-corrected chi connectivity index (χ2v) is 5.14. The molecule has 0 spiro atoms. The number of anilines is 1. The minimum Gasteiger partial charge on any atom is -0.363 e. The molecule has 0 aromatic carbocycles. The van der Waals surface area contributed by atoms with Crippen molar-refractivity contribution in [2.24, 2.45) is 0 Å². The summed E-state index contributed by atoms with van der Waals surface area (Å²) in [5, 5.41) is 3.11. The van der Waals surface area contributed by atoms with Crippen LogP contribution in [-0.4, -0.2) is 22.6 Å². The maximum absolute atomic E-state index is 11.9. The van der Waals surface area contributed by atoms with Gasteiger partial charge >= 0.3 is 0 Å².